The molecule has 1 aromatic rings. The van der Waals surface area contributed by atoms with E-state index in [1.54, 1.807) is 0 Å². The highest BCUT2D eigenvalue weighted by molar-refractivity contribution is 5.31. The number of hydrogen-bond donors (Lipinski definition) is 2. The Hall–Kier alpha value is -1.16. The van der Waals surface area contributed by atoms with E-state index < -0.39 is 0 Å². The molecule has 1 aromatic heterocycles. The average Bonchev–Trinajstić information content (AvgIpc) is 2.12. The highest BCUT2D eigenvalue weighted by atomic mass is 15.1. The van der Waals surface area contributed by atoms with E-state index in [1.165, 1.54) is 0 Å². The van der Waals surface area contributed by atoms with Crippen LogP contribution in [0.15, 0.2) is 6.20 Å². The van der Waals surface area contributed by atoms with Crippen LogP contribution >= 0.6 is 0 Å². The Labute approximate surface area is 111 Å². The minimum atomic E-state index is -0.0163. The smallest absolute Gasteiger partial charge is 0.223 e. The molecular formula is C14H26N4. The molecule has 0 aliphatic carbocycles. The largest absolute Gasteiger partial charge is 0.350 e. The minimum absolute atomic E-state index is 0.0163. The van der Waals surface area contributed by atoms with Crippen molar-refractivity contribution in [2.75, 3.05) is 5.32 Å². The van der Waals surface area contributed by atoms with E-state index in [0.29, 0.717) is 5.95 Å². The van der Waals surface area contributed by atoms with Crippen molar-refractivity contribution >= 4 is 5.95 Å². The van der Waals surface area contributed by atoms with Gasteiger partial charge in [0.2, 0.25) is 5.95 Å². The lowest BCUT2D eigenvalue weighted by Crippen LogP contribution is -2.35. The van der Waals surface area contributed by atoms with Crippen molar-refractivity contribution in [3.8, 4) is 0 Å². The summed E-state index contributed by atoms with van der Waals surface area (Å²) in [6.45, 7) is 15.6. The summed E-state index contributed by atoms with van der Waals surface area (Å²) >= 11 is 0. The summed E-state index contributed by atoms with van der Waals surface area (Å²) in [5.74, 6) is 0.694. The lowest BCUT2D eigenvalue weighted by atomic mass is 10.1. The molecule has 0 aromatic carbocycles. The fraction of sp³-hybridized carbons (Fsp3) is 0.714. The second-order valence-corrected chi connectivity index (χ2v) is 6.78. The Morgan fingerprint density at radius 2 is 1.67 bits per heavy atom. The van der Waals surface area contributed by atoms with Crippen LogP contribution in [0.4, 0.5) is 5.95 Å². The maximum Gasteiger partial charge on any atom is 0.223 e. The number of aryl methyl sites for hydroxylation is 1. The van der Waals surface area contributed by atoms with Crippen LogP contribution < -0.4 is 10.6 Å². The second kappa shape index (κ2) is 5.22. The quantitative estimate of drug-likeness (QED) is 0.866. The van der Waals surface area contributed by atoms with Gasteiger partial charge in [-0.3, -0.25) is 0 Å². The van der Waals surface area contributed by atoms with Crippen molar-refractivity contribution in [1.29, 1.82) is 0 Å². The molecule has 1 rings (SSSR count). The number of rotatable bonds is 3. The molecule has 18 heavy (non-hydrogen) atoms. The lowest BCUT2D eigenvalue weighted by molar-refractivity contribution is 0.423. The molecule has 102 valence electrons. The Balaban J connectivity index is 2.74. The molecule has 0 amide bonds. The minimum Gasteiger partial charge on any atom is -0.350 e. The van der Waals surface area contributed by atoms with Crippen LogP contribution in [0.5, 0.6) is 0 Å². The van der Waals surface area contributed by atoms with Gasteiger partial charge in [-0.15, -0.1) is 0 Å². The molecule has 2 N–H and O–H groups in total. The zero-order valence-electron chi connectivity index (χ0n) is 12.7. The van der Waals surface area contributed by atoms with E-state index in [2.05, 4.69) is 62.1 Å². The normalized spacial score (nSPS) is 12.6. The zero-order valence-corrected chi connectivity index (χ0v) is 12.7. The molecule has 0 aliphatic heterocycles. The Morgan fingerprint density at radius 3 is 2.11 bits per heavy atom. The monoisotopic (exact) mass is 250 g/mol. The van der Waals surface area contributed by atoms with Crippen molar-refractivity contribution in [3.05, 3.63) is 17.5 Å². The third-order valence-corrected chi connectivity index (χ3v) is 2.38. The van der Waals surface area contributed by atoms with Crippen molar-refractivity contribution in [2.24, 2.45) is 0 Å². The SMILES string of the molecule is Cc1nc(NC(C)(C)C)ncc1CNC(C)(C)C. The number of aromatic nitrogens is 2. The fourth-order valence-corrected chi connectivity index (χ4v) is 1.42. The van der Waals surface area contributed by atoms with Gasteiger partial charge in [-0.25, -0.2) is 9.97 Å². The molecule has 4 heteroatoms. The maximum absolute atomic E-state index is 4.50. The predicted molar refractivity (Wildman–Crippen MR) is 76.7 cm³/mol. The second-order valence-electron chi connectivity index (χ2n) is 6.78. The number of hydrogen-bond acceptors (Lipinski definition) is 4. The Morgan fingerprint density at radius 1 is 1.06 bits per heavy atom. The van der Waals surface area contributed by atoms with Gasteiger partial charge < -0.3 is 10.6 Å². The molecule has 0 aliphatic rings. The van der Waals surface area contributed by atoms with Crippen LogP contribution in [-0.2, 0) is 6.54 Å². The lowest BCUT2D eigenvalue weighted by Gasteiger charge is -2.22. The first kappa shape index (κ1) is 14.9. The summed E-state index contributed by atoms with van der Waals surface area (Å²) in [7, 11) is 0. The molecule has 0 unspecified atom stereocenters. The molecule has 0 atom stereocenters. The molecule has 0 fully saturated rings. The number of anilines is 1. The van der Waals surface area contributed by atoms with Gasteiger partial charge in [0, 0.05) is 35.1 Å². The predicted octanol–water partition coefficient (Wildman–Crippen LogP) is 2.88. The van der Waals surface area contributed by atoms with E-state index in [1.807, 2.05) is 13.1 Å². The molecule has 0 spiro atoms. The van der Waals surface area contributed by atoms with Gasteiger partial charge in [-0.05, 0) is 48.5 Å². The molecular weight excluding hydrogens is 224 g/mol. The molecule has 0 radical (unpaired) electrons. The van der Waals surface area contributed by atoms with Crippen molar-refractivity contribution in [2.45, 2.75) is 66.1 Å². The summed E-state index contributed by atoms with van der Waals surface area (Å²) in [4.78, 5) is 8.86. The maximum atomic E-state index is 4.50. The van der Waals surface area contributed by atoms with Crippen molar-refractivity contribution in [1.82, 2.24) is 15.3 Å². The molecule has 4 nitrogen and oxygen atoms in total. The summed E-state index contributed by atoms with van der Waals surface area (Å²) in [5.41, 5.74) is 2.25. The van der Waals surface area contributed by atoms with Gasteiger partial charge in [-0.1, -0.05) is 0 Å². The molecule has 1 heterocycles. The Kier molecular flexibility index (Phi) is 4.32. The number of nitrogens with zero attached hydrogens (tertiary/aromatic N) is 2. The van der Waals surface area contributed by atoms with Crippen molar-refractivity contribution < 1.29 is 0 Å². The standard InChI is InChI=1S/C14H26N4/c1-10-11(9-16-13(2,3)4)8-15-12(17-10)18-14(5,6)7/h8,16H,9H2,1-7H3,(H,15,17,18). The van der Waals surface area contributed by atoms with Crippen LogP contribution in [0, 0.1) is 6.92 Å². The zero-order chi connectivity index (χ0) is 14.0. The summed E-state index contributed by atoms with van der Waals surface area (Å²) < 4.78 is 0. The van der Waals surface area contributed by atoms with E-state index in [4.69, 9.17) is 0 Å². The van der Waals surface area contributed by atoms with Gasteiger partial charge in [0.15, 0.2) is 0 Å². The topological polar surface area (TPSA) is 49.8 Å². The van der Waals surface area contributed by atoms with E-state index in [0.717, 1.165) is 17.8 Å². The van der Waals surface area contributed by atoms with Crippen molar-refractivity contribution in [3.63, 3.8) is 0 Å². The van der Waals surface area contributed by atoms with Gasteiger partial charge in [-0.2, -0.15) is 0 Å². The van der Waals surface area contributed by atoms with Gasteiger partial charge >= 0.3 is 0 Å². The van der Waals surface area contributed by atoms with Crippen LogP contribution in [0.2, 0.25) is 0 Å². The fourth-order valence-electron chi connectivity index (χ4n) is 1.42. The highest BCUT2D eigenvalue weighted by Crippen LogP contribution is 2.13. The van der Waals surface area contributed by atoms with Crippen LogP contribution in [0.1, 0.15) is 52.8 Å². The van der Waals surface area contributed by atoms with Crippen LogP contribution in [0.3, 0.4) is 0 Å². The Bertz CT molecular complexity index is 399. The first-order valence-corrected chi connectivity index (χ1v) is 6.42. The third-order valence-electron chi connectivity index (χ3n) is 2.38. The summed E-state index contributed by atoms with van der Waals surface area (Å²) in [5, 5.41) is 6.73. The van der Waals surface area contributed by atoms with Gasteiger partial charge in [0.05, 0.1) is 0 Å². The van der Waals surface area contributed by atoms with E-state index in [9.17, 15) is 0 Å². The average molecular weight is 250 g/mol. The molecule has 0 saturated heterocycles. The number of nitrogens with one attached hydrogen (secondary N) is 2. The first-order chi connectivity index (χ1) is 8.07. The summed E-state index contributed by atoms with van der Waals surface area (Å²) in [6.07, 6.45) is 1.90. The van der Waals surface area contributed by atoms with E-state index in [-0.39, 0.29) is 11.1 Å². The van der Waals surface area contributed by atoms with Crippen LogP contribution in [0.25, 0.3) is 0 Å². The van der Waals surface area contributed by atoms with Gasteiger partial charge in [0.1, 0.15) is 0 Å². The van der Waals surface area contributed by atoms with Crippen LogP contribution in [-0.4, -0.2) is 21.0 Å². The van der Waals surface area contributed by atoms with Gasteiger partial charge in [0.25, 0.3) is 0 Å². The molecule has 0 saturated carbocycles. The summed E-state index contributed by atoms with van der Waals surface area (Å²) in [6, 6.07) is 0. The first-order valence-electron chi connectivity index (χ1n) is 6.42. The third kappa shape index (κ3) is 5.45. The highest BCUT2D eigenvalue weighted by Gasteiger charge is 2.13. The van der Waals surface area contributed by atoms with E-state index >= 15 is 0 Å². The molecule has 0 bridgehead atoms.